The van der Waals surface area contributed by atoms with Gasteiger partial charge in [0.25, 0.3) is 5.91 Å². The molecule has 19 heavy (non-hydrogen) atoms. The molecule has 1 aromatic carbocycles. The van der Waals surface area contributed by atoms with Crippen LogP contribution in [-0.4, -0.2) is 28.7 Å². The Balaban J connectivity index is 1.86. The van der Waals surface area contributed by atoms with Gasteiger partial charge >= 0.3 is 0 Å². The van der Waals surface area contributed by atoms with Crippen LogP contribution in [0.25, 0.3) is 10.9 Å². The SMILES string of the molecule is Cc1ccc2[nH]nc(C(=O)NC(CN)C3CC3)c2c1. The van der Waals surface area contributed by atoms with Crippen LogP contribution in [0.4, 0.5) is 0 Å². The average Bonchev–Trinajstić information content (AvgIpc) is 3.15. The molecule has 3 rings (SSSR count). The minimum Gasteiger partial charge on any atom is -0.346 e. The number of amides is 1. The maximum absolute atomic E-state index is 12.3. The van der Waals surface area contributed by atoms with Gasteiger partial charge in [-0.2, -0.15) is 5.10 Å². The molecule has 1 fully saturated rings. The molecule has 1 heterocycles. The van der Waals surface area contributed by atoms with Gasteiger partial charge in [-0.25, -0.2) is 0 Å². The second-order valence-electron chi connectivity index (χ2n) is 5.27. The second kappa shape index (κ2) is 4.66. The molecule has 0 spiro atoms. The molecular formula is C14H18N4O. The van der Waals surface area contributed by atoms with Crippen LogP contribution < -0.4 is 11.1 Å². The first kappa shape index (κ1) is 12.2. The predicted molar refractivity (Wildman–Crippen MR) is 73.9 cm³/mol. The Morgan fingerprint density at radius 2 is 2.37 bits per heavy atom. The first-order valence-electron chi connectivity index (χ1n) is 6.64. The minimum atomic E-state index is -0.140. The third-order valence-corrected chi connectivity index (χ3v) is 3.69. The number of H-pyrrole nitrogens is 1. The fourth-order valence-electron chi connectivity index (χ4n) is 2.41. The Hall–Kier alpha value is -1.88. The Morgan fingerprint density at radius 3 is 3.05 bits per heavy atom. The Labute approximate surface area is 111 Å². The normalized spacial score (nSPS) is 16.5. The van der Waals surface area contributed by atoms with Crippen LogP contribution in [0.1, 0.15) is 28.9 Å². The minimum absolute atomic E-state index is 0.0732. The molecule has 2 aromatic rings. The first-order valence-corrected chi connectivity index (χ1v) is 6.64. The number of fused-ring (bicyclic) bond motifs is 1. The van der Waals surface area contributed by atoms with Gasteiger partial charge in [-0.05, 0) is 37.8 Å². The molecule has 4 N–H and O–H groups in total. The summed E-state index contributed by atoms with van der Waals surface area (Å²) in [6.45, 7) is 2.48. The van der Waals surface area contributed by atoms with Crippen LogP contribution in [0, 0.1) is 12.8 Å². The number of carbonyl (C=O) groups excluding carboxylic acids is 1. The van der Waals surface area contributed by atoms with E-state index in [-0.39, 0.29) is 11.9 Å². The number of nitrogens with zero attached hydrogens (tertiary/aromatic N) is 1. The molecule has 5 heteroatoms. The summed E-state index contributed by atoms with van der Waals surface area (Å²) in [6.07, 6.45) is 2.31. The number of nitrogens with one attached hydrogen (secondary N) is 2. The molecule has 1 aliphatic carbocycles. The molecule has 1 saturated carbocycles. The summed E-state index contributed by atoms with van der Waals surface area (Å²) in [5.41, 5.74) is 8.16. The van der Waals surface area contributed by atoms with E-state index in [0.717, 1.165) is 29.3 Å². The smallest absolute Gasteiger partial charge is 0.272 e. The van der Waals surface area contributed by atoms with Crippen molar-refractivity contribution in [2.24, 2.45) is 11.7 Å². The summed E-state index contributed by atoms with van der Waals surface area (Å²) >= 11 is 0. The van der Waals surface area contributed by atoms with E-state index in [0.29, 0.717) is 18.2 Å². The van der Waals surface area contributed by atoms with Crippen molar-refractivity contribution in [1.29, 1.82) is 0 Å². The third-order valence-electron chi connectivity index (χ3n) is 3.69. The van der Waals surface area contributed by atoms with Gasteiger partial charge < -0.3 is 11.1 Å². The highest BCUT2D eigenvalue weighted by molar-refractivity contribution is 6.04. The van der Waals surface area contributed by atoms with E-state index in [1.807, 2.05) is 25.1 Å². The van der Waals surface area contributed by atoms with Crippen LogP contribution in [0.2, 0.25) is 0 Å². The molecule has 0 aliphatic heterocycles. The van der Waals surface area contributed by atoms with E-state index in [1.54, 1.807) is 0 Å². The van der Waals surface area contributed by atoms with Crippen LogP contribution >= 0.6 is 0 Å². The van der Waals surface area contributed by atoms with Gasteiger partial charge in [-0.15, -0.1) is 0 Å². The van der Waals surface area contributed by atoms with Crippen molar-refractivity contribution in [3.8, 4) is 0 Å². The molecule has 5 nitrogen and oxygen atoms in total. The molecule has 0 saturated heterocycles. The van der Waals surface area contributed by atoms with E-state index < -0.39 is 0 Å². The number of aromatic amines is 1. The summed E-state index contributed by atoms with van der Waals surface area (Å²) in [7, 11) is 0. The summed E-state index contributed by atoms with van der Waals surface area (Å²) < 4.78 is 0. The zero-order valence-electron chi connectivity index (χ0n) is 10.9. The summed E-state index contributed by atoms with van der Waals surface area (Å²) in [6, 6.07) is 5.98. The Bertz CT molecular complexity index is 615. The highest BCUT2D eigenvalue weighted by Crippen LogP contribution is 2.32. The maximum Gasteiger partial charge on any atom is 0.272 e. The molecule has 1 unspecified atom stereocenters. The highest BCUT2D eigenvalue weighted by Gasteiger charge is 2.32. The van der Waals surface area contributed by atoms with Gasteiger partial charge in [0.2, 0.25) is 0 Å². The Morgan fingerprint density at radius 1 is 1.58 bits per heavy atom. The number of aromatic nitrogens is 2. The summed E-state index contributed by atoms with van der Waals surface area (Å²) in [4.78, 5) is 12.3. The van der Waals surface area contributed by atoms with Crippen molar-refractivity contribution < 1.29 is 4.79 Å². The van der Waals surface area contributed by atoms with Gasteiger partial charge in [0.15, 0.2) is 5.69 Å². The van der Waals surface area contributed by atoms with Gasteiger partial charge in [0.1, 0.15) is 0 Å². The van der Waals surface area contributed by atoms with E-state index in [9.17, 15) is 4.79 Å². The monoisotopic (exact) mass is 258 g/mol. The van der Waals surface area contributed by atoms with Gasteiger partial charge in [-0.1, -0.05) is 11.6 Å². The zero-order valence-corrected chi connectivity index (χ0v) is 10.9. The van der Waals surface area contributed by atoms with E-state index in [4.69, 9.17) is 5.73 Å². The first-order chi connectivity index (χ1) is 9.19. The quantitative estimate of drug-likeness (QED) is 0.773. The van der Waals surface area contributed by atoms with E-state index in [1.165, 1.54) is 0 Å². The van der Waals surface area contributed by atoms with Crippen molar-refractivity contribution in [1.82, 2.24) is 15.5 Å². The fraction of sp³-hybridized carbons (Fsp3) is 0.429. The van der Waals surface area contributed by atoms with Crippen molar-refractivity contribution in [2.45, 2.75) is 25.8 Å². The van der Waals surface area contributed by atoms with Crippen LogP contribution in [0.3, 0.4) is 0 Å². The topological polar surface area (TPSA) is 83.8 Å². The largest absolute Gasteiger partial charge is 0.346 e. The number of hydrogen-bond acceptors (Lipinski definition) is 3. The number of rotatable bonds is 4. The summed E-state index contributed by atoms with van der Waals surface area (Å²) in [5, 5.41) is 10.9. The number of aryl methyl sites for hydroxylation is 1. The molecule has 1 aromatic heterocycles. The van der Waals surface area contributed by atoms with Crippen LogP contribution in [0.5, 0.6) is 0 Å². The average molecular weight is 258 g/mol. The van der Waals surface area contributed by atoms with Crippen LogP contribution in [-0.2, 0) is 0 Å². The van der Waals surface area contributed by atoms with E-state index >= 15 is 0 Å². The molecule has 1 aliphatic rings. The lowest BCUT2D eigenvalue weighted by molar-refractivity contribution is 0.0930. The van der Waals surface area contributed by atoms with Crippen molar-refractivity contribution in [3.63, 3.8) is 0 Å². The molecule has 1 amide bonds. The van der Waals surface area contributed by atoms with Gasteiger partial charge in [0, 0.05) is 18.0 Å². The lowest BCUT2D eigenvalue weighted by Crippen LogP contribution is -2.41. The predicted octanol–water partition coefficient (Wildman–Crippen LogP) is 1.34. The summed E-state index contributed by atoms with van der Waals surface area (Å²) in [5.74, 6) is 0.403. The standard InChI is InChI=1S/C14H18N4O/c1-8-2-5-11-10(6-8)13(18-17-11)14(19)16-12(7-15)9-3-4-9/h2,5-6,9,12H,3-4,7,15H2,1H3,(H,16,19)(H,17,18). The highest BCUT2D eigenvalue weighted by atomic mass is 16.2. The Kier molecular flexibility index (Phi) is 2.98. The second-order valence-corrected chi connectivity index (χ2v) is 5.27. The van der Waals surface area contributed by atoms with Crippen molar-refractivity contribution >= 4 is 16.8 Å². The van der Waals surface area contributed by atoms with Gasteiger partial charge in [0.05, 0.1) is 5.52 Å². The number of hydrogen-bond donors (Lipinski definition) is 3. The lowest BCUT2D eigenvalue weighted by Gasteiger charge is -2.15. The maximum atomic E-state index is 12.3. The van der Waals surface area contributed by atoms with Crippen molar-refractivity contribution in [2.75, 3.05) is 6.54 Å². The van der Waals surface area contributed by atoms with Crippen molar-refractivity contribution in [3.05, 3.63) is 29.5 Å². The van der Waals surface area contributed by atoms with Gasteiger partial charge in [-0.3, -0.25) is 9.89 Å². The molecule has 100 valence electrons. The lowest BCUT2D eigenvalue weighted by atomic mass is 10.1. The molecule has 0 bridgehead atoms. The van der Waals surface area contributed by atoms with E-state index in [2.05, 4.69) is 15.5 Å². The molecule has 1 atom stereocenters. The number of nitrogens with two attached hydrogens (primary N) is 1. The number of benzene rings is 1. The zero-order chi connectivity index (χ0) is 13.4. The van der Waals surface area contributed by atoms with Crippen LogP contribution in [0.15, 0.2) is 18.2 Å². The fourth-order valence-corrected chi connectivity index (χ4v) is 2.41. The molecule has 0 radical (unpaired) electrons. The number of carbonyl (C=O) groups is 1. The molecular weight excluding hydrogens is 240 g/mol. The third kappa shape index (κ3) is 2.33.